The van der Waals surface area contributed by atoms with E-state index in [1.54, 1.807) is 0 Å². The van der Waals surface area contributed by atoms with Crippen molar-refractivity contribution in [2.24, 2.45) is 0 Å². The summed E-state index contributed by atoms with van der Waals surface area (Å²) in [5.41, 5.74) is 1.60. The number of nitrogens with zero attached hydrogens (tertiary/aromatic N) is 3. The number of carbonyl (C=O) groups is 1. The summed E-state index contributed by atoms with van der Waals surface area (Å²) in [5, 5.41) is 14.4. The van der Waals surface area contributed by atoms with E-state index in [9.17, 15) is 9.90 Å². The van der Waals surface area contributed by atoms with E-state index in [1.165, 1.54) is 0 Å². The molecule has 134 valence electrons. The molecule has 1 amide bonds. The quantitative estimate of drug-likeness (QED) is 0.838. The van der Waals surface area contributed by atoms with Gasteiger partial charge in [0.2, 0.25) is 0 Å². The van der Waals surface area contributed by atoms with Gasteiger partial charge in [-0.25, -0.2) is 4.98 Å². The second-order valence-corrected chi connectivity index (χ2v) is 6.85. The van der Waals surface area contributed by atoms with Crippen LogP contribution in [0.15, 0.2) is 24.3 Å². The van der Waals surface area contributed by atoms with E-state index in [0.717, 1.165) is 32.5 Å². The van der Waals surface area contributed by atoms with Crippen LogP contribution >= 0.6 is 0 Å². The van der Waals surface area contributed by atoms with E-state index in [1.807, 2.05) is 43.3 Å². The molecule has 1 fully saturated rings. The van der Waals surface area contributed by atoms with Gasteiger partial charge in [-0.1, -0.05) is 12.1 Å². The predicted molar refractivity (Wildman–Crippen MR) is 98.8 cm³/mol. The van der Waals surface area contributed by atoms with Crippen molar-refractivity contribution in [1.82, 2.24) is 20.1 Å². The van der Waals surface area contributed by atoms with Crippen molar-refractivity contribution in [3.63, 3.8) is 0 Å². The first kappa shape index (κ1) is 17.6. The number of nitrogens with one attached hydrogen (secondary N) is 1. The summed E-state index contributed by atoms with van der Waals surface area (Å²) >= 11 is 0. The molecule has 0 spiro atoms. The standard InChI is InChI=1S/C19H26N4O2/c1-22(2)12-9-20-19(25)17-15(13-23-10-5-6-11-23)18(24)14-7-3-4-8-16(14)21-17/h3-4,7-8H,5-6,9-13H2,1-2H3,(H,20,25)(H,21,24). The number of hydrogen-bond donors (Lipinski definition) is 2. The van der Waals surface area contributed by atoms with Crippen LogP contribution in [0.25, 0.3) is 10.9 Å². The first-order valence-corrected chi connectivity index (χ1v) is 8.82. The Kier molecular flexibility index (Phi) is 5.50. The monoisotopic (exact) mass is 342 g/mol. The molecule has 1 aromatic heterocycles. The summed E-state index contributed by atoms with van der Waals surface area (Å²) in [6.45, 7) is 3.85. The number of likely N-dealkylation sites (tertiary alicyclic amines) is 1. The molecule has 25 heavy (non-hydrogen) atoms. The van der Waals surface area contributed by atoms with Crippen molar-refractivity contribution in [3.8, 4) is 5.75 Å². The lowest BCUT2D eigenvalue weighted by atomic mass is 10.1. The molecule has 6 nitrogen and oxygen atoms in total. The Balaban J connectivity index is 1.94. The molecule has 1 aliphatic heterocycles. The van der Waals surface area contributed by atoms with Gasteiger partial charge in [-0.3, -0.25) is 9.69 Å². The van der Waals surface area contributed by atoms with Crippen molar-refractivity contribution in [2.75, 3.05) is 40.3 Å². The fraction of sp³-hybridized carbons (Fsp3) is 0.474. The van der Waals surface area contributed by atoms with Crippen LogP contribution in [-0.2, 0) is 6.54 Å². The van der Waals surface area contributed by atoms with Gasteiger partial charge in [0.25, 0.3) is 5.91 Å². The minimum atomic E-state index is -0.225. The number of benzene rings is 1. The van der Waals surface area contributed by atoms with E-state index < -0.39 is 0 Å². The smallest absolute Gasteiger partial charge is 0.270 e. The zero-order valence-corrected chi connectivity index (χ0v) is 15.0. The fourth-order valence-electron chi connectivity index (χ4n) is 3.21. The minimum absolute atomic E-state index is 0.176. The Morgan fingerprint density at radius 3 is 2.72 bits per heavy atom. The maximum Gasteiger partial charge on any atom is 0.270 e. The summed E-state index contributed by atoms with van der Waals surface area (Å²) < 4.78 is 0. The molecule has 2 heterocycles. The predicted octanol–water partition coefficient (Wildman–Crippen LogP) is 1.83. The Morgan fingerprint density at radius 1 is 1.28 bits per heavy atom. The number of amides is 1. The summed E-state index contributed by atoms with van der Waals surface area (Å²) in [5.74, 6) is -0.0487. The van der Waals surface area contributed by atoms with Gasteiger partial charge in [-0.05, 0) is 52.2 Å². The molecule has 1 saturated heterocycles. The highest BCUT2D eigenvalue weighted by Gasteiger charge is 2.23. The summed E-state index contributed by atoms with van der Waals surface area (Å²) in [6.07, 6.45) is 2.32. The van der Waals surface area contributed by atoms with E-state index in [4.69, 9.17) is 0 Å². The van der Waals surface area contributed by atoms with E-state index in [2.05, 4.69) is 15.2 Å². The second kappa shape index (κ2) is 7.80. The third-order valence-corrected chi connectivity index (χ3v) is 4.60. The Morgan fingerprint density at radius 2 is 2.00 bits per heavy atom. The highest BCUT2D eigenvalue weighted by atomic mass is 16.3. The van der Waals surface area contributed by atoms with Gasteiger partial charge in [0.1, 0.15) is 11.4 Å². The molecule has 2 N–H and O–H groups in total. The zero-order chi connectivity index (χ0) is 17.8. The molecule has 2 aromatic rings. The van der Waals surface area contributed by atoms with Gasteiger partial charge in [0.15, 0.2) is 0 Å². The maximum absolute atomic E-state index is 12.7. The summed E-state index contributed by atoms with van der Waals surface area (Å²) in [4.78, 5) is 21.5. The molecule has 0 radical (unpaired) electrons. The number of pyridine rings is 1. The van der Waals surface area contributed by atoms with Crippen molar-refractivity contribution in [2.45, 2.75) is 19.4 Å². The van der Waals surface area contributed by atoms with Crippen LogP contribution in [0.3, 0.4) is 0 Å². The highest BCUT2D eigenvalue weighted by Crippen LogP contribution is 2.31. The Bertz CT molecular complexity index is 754. The number of carbonyl (C=O) groups excluding carboxylic acids is 1. The first-order chi connectivity index (χ1) is 12.1. The van der Waals surface area contributed by atoms with Crippen LogP contribution in [0.4, 0.5) is 0 Å². The number of hydrogen-bond acceptors (Lipinski definition) is 5. The average Bonchev–Trinajstić information content (AvgIpc) is 3.10. The number of likely N-dealkylation sites (N-methyl/N-ethyl adjacent to an activating group) is 1. The number of aromatic nitrogens is 1. The molecule has 6 heteroatoms. The Labute approximate surface area is 148 Å². The number of rotatable bonds is 6. The maximum atomic E-state index is 12.7. The number of fused-ring (bicyclic) bond motifs is 1. The van der Waals surface area contributed by atoms with E-state index in [-0.39, 0.29) is 11.7 Å². The van der Waals surface area contributed by atoms with Crippen LogP contribution in [0.1, 0.15) is 28.9 Å². The molecular weight excluding hydrogens is 316 g/mol. The SMILES string of the molecule is CN(C)CCNC(=O)c1nc2ccccc2c(O)c1CN1CCCC1. The van der Waals surface area contributed by atoms with Crippen molar-refractivity contribution in [1.29, 1.82) is 0 Å². The van der Waals surface area contributed by atoms with Gasteiger partial charge in [-0.15, -0.1) is 0 Å². The van der Waals surface area contributed by atoms with Crippen LogP contribution in [0.2, 0.25) is 0 Å². The van der Waals surface area contributed by atoms with Gasteiger partial charge < -0.3 is 15.3 Å². The van der Waals surface area contributed by atoms with Gasteiger partial charge in [0.05, 0.1) is 5.52 Å². The summed E-state index contributed by atoms with van der Waals surface area (Å²) in [6, 6.07) is 7.41. The Hall–Kier alpha value is -2.18. The largest absolute Gasteiger partial charge is 0.507 e. The van der Waals surface area contributed by atoms with Crippen molar-refractivity contribution in [3.05, 3.63) is 35.5 Å². The topological polar surface area (TPSA) is 68.7 Å². The molecule has 1 aliphatic rings. The summed E-state index contributed by atoms with van der Waals surface area (Å²) in [7, 11) is 3.93. The number of aromatic hydroxyl groups is 1. The van der Waals surface area contributed by atoms with E-state index in [0.29, 0.717) is 35.2 Å². The highest BCUT2D eigenvalue weighted by molar-refractivity contribution is 5.99. The van der Waals surface area contributed by atoms with Gasteiger partial charge in [0, 0.05) is 30.6 Å². The molecule has 0 bridgehead atoms. The molecule has 0 unspecified atom stereocenters. The first-order valence-electron chi connectivity index (χ1n) is 8.82. The number of para-hydroxylation sites is 1. The van der Waals surface area contributed by atoms with Crippen molar-refractivity contribution < 1.29 is 9.90 Å². The molecule has 0 aliphatic carbocycles. The lowest BCUT2D eigenvalue weighted by molar-refractivity contribution is 0.0944. The van der Waals surface area contributed by atoms with Crippen LogP contribution in [-0.4, -0.2) is 66.1 Å². The van der Waals surface area contributed by atoms with Gasteiger partial charge >= 0.3 is 0 Å². The molecule has 1 aromatic carbocycles. The molecule has 0 saturated carbocycles. The van der Waals surface area contributed by atoms with Crippen LogP contribution in [0.5, 0.6) is 5.75 Å². The lowest BCUT2D eigenvalue weighted by Crippen LogP contribution is -2.33. The van der Waals surface area contributed by atoms with Crippen LogP contribution in [0, 0.1) is 0 Å². The molecule has 0 atom stereocenters. The second-order valence-electron chi connectivity index (χ2n) is 6.85. The average molecular weight is 342 g/mol. The lowest BCUT2D eigenvalue weighted by Gasteiger charge is -2.19. The van der Waals surface area contributed by atoms with Crippen LogP contribution < -0.4 is 5.32 Å². The molecular formula is C19H26N4O2. The third-order valence-electron chi connectivity index (χ3n) is 4.60. The third kappa shape index (κ3) is 4.08. The van der Waals surface area contributed by atoms with Crippen molar-refractivity contribution >= 4 is 16.8 Å². The minimum Gasteiger partial charge on any atom is -0.507 e. The fourth-order valence-corrected chi connectivity index (χ4v) is 3.21. The normalized spacial score (nSPS) is 15.2. The van der Waals surface area contributed by atoms with E-state index >= 15 is 0 Å². The molecule has 3 rings (SSSR count). The van der Waals surface area contributed by atoms with Gasteiger partial charge in [-0.2, -0.15) is 0 Å². The zero-order valence-electron chi connectivity index (χ0n) is 15.0.